The minimum Gasteiger partial charge on any atom is -0.507 e. The minimum absolute atomic E-state index is 0.198. The van der Waals surface area contributed by atoms with Crippen LogP contribution in [0.1, 0.15) is 0 Å². The molecule has 2 radical (unpaired) electrons. The summed E-state index contributed by atoms with van der Waals surface area (Å²) in [4.78, 5) is 0. The molecule has 53 heavy (non-hydrogen) atoms. The molecule has 0 spiro atoms. The largest absolute Gasteiger partial charge is 0.507 e. The molecule has 0 aliphatic heterocycles. The van der Waals surface area contributed by atoms with Gasteiger partial charge in [-0.25, -0.2) is 0 Å². The summed E-state index contributed by atoms with van der Waals surface area (Å²) in [5.74, 6) is 1.38. The van der Waals surface area contributed by atoms with E-state index < -0.39 is 8.07 Å². The Morgan fingerprint density at radius 1 is 0.472 bits per heavy atom. The third-order valence-electron chi connectivity index (χ3n) is 10.2. The van der Waals surface area contributed by atoms with Crippen molar-refractivity contribution in [1.82, 2.24) is 4.57 Å². The van der Waals surface area contributed by atoms with Gasteiger partial charge in [0.2, 0.25) is 0 Å². The molecule has 0 atom stereocenters. The van der Waals surface area contributed by atoms with Crippen molar-refractivity contribution >= 4 is 63.9 Å². The summed E-state index contributed by atoms with van der Waals surface area (Å²) in [6.07, 6.45) is 0. The summed E-state index contributed by atoms with van der Waals surface area (Å²) in [7, 11) is 3.97. The summed E-state index contributed by atoms with van der Waals surface area (Å²) in [5, 5.41) is 18.3. The maximum Gasteiger partial charge on any atom is 0.179 e. The molecule has 0 aliphatic carbocycles. The molecule has 250 valence electrons. The number of benzene rings is 8. The Kier molecular flexibility index (Phi) is 8.26. The third-order valence-corrected chi connectivity index (χ3v) is 15.0. The van der Waals surface area contributed by atoms with Gasteiger partial charge in [-0.15, -0.1) is 0 Å². The topological polar surface area (TPSA) is 34.4 Å². The number of rotatable bonds is 8. The fourth-order valence-corrected chi connectivity index (χ4v) is 12.7. The zero-order valence-electron chi connectivity index (χ0n) is 28.9. The number of phenolic OH excluding ortho intramolecular Hbond substituents is 1. The van der Waals surface area contributed by atoms with Crippen molar-refractivity contribution in [2.45, 2.75) is 0 Å². The molecule has 1 N–H and O–H groups in total. The predicted octanol–water partition coefficient (Wildman–Crippen LogP) is 8.12. The monoisotopic (exact) mass is 695 g/mol. The highest BCUT2D eigenvalue weighted by molar-refractivity contribution is 7.19. The van der Waals surface area contributed by atoms with Crippen molar-refractivity contribution in [1.29, 1.82) is 0 Å². The Morgan fingerprint density at radius 2 is 0.981 bits per heavy atom. The van der Waals surface area contributed by atoms with Crippen LogP contribution in [-0.2, 0) is 0 Å². The van der Waals surface area contributed by atoms with Gasteiger partial charge < -0.3 is 14.4 Å². The van der Waals surface area contributed by atoms with Gasteiger partial charge >= 0.3 is 0 Å². The van der Waals surface area contributed by atoms with Gasteiger partial charge in [-0.05, 0) is 62.7 Å². The SMILES string of the molecule is [B]c1ccc([Si](c2ccccc2)(c2ccccc2)c2ccccc2)cc1Oc1cc(-c2ccccc2O)cc(-n2c3ccccc3c3ccccc32)c1. The maximum atomic E-state index is 11.0. The van der Waals surface area contributed by atoms with Gasteiger partial charge in [-0.3, -0.25) is 0 Å². The lowest BCUT2D eigenvalue weighted by molar-refractivity contribution is 0.477. The summed E-state index contributed by atoms with van der Waals surface area (Å²) in [6, 6.07) is 69.2. The number of hydrogen-bond acceptors (Lipinski definition) is 2. The van der Waals surface area contributed by atoms with Crippen molar-refractivity contribution < 1.29 is 9.84 Å². The maximum absolute atomic E-state index is 11.0. The fraction of sp³-hybridized carbons (Fsp3) is 0. The summed E-state index contributed by atoms with van der Waals surface area (Å²) >= 11 is 0. The number of fused-ring (bicyclic) bond motifs is 3. The van der Waals surface area contributed by atoms with E-state index in [4.69, 9.17) is 12.6 Å². The molecule has 1 aromatic heterocycles. The van der Waals surface area contributed by atoms with Gasteiger partial charge in [0.05, 0.1) is 16.7 Å². The zero-order chi connectivity index (χ0) is 35.8. The van der Waals surface area contributed by atoms with Crippen LogP contribution in [0.4, 0.5) is 0 Å². The van der Waals surface area contributed by atoms with E-state index in [1.165, 1.54) is 26.3 Å². The third kappa shape index (κ3) is 5.63. The standard InChI is InChI=1S/C48H34BNO2Si/c49-44-29-28-40(53(37-16-4-1-5-17-37,38-18-6-2-7-19-38)39-20-8-3-9-21-39)33-48(44)52-36-31-34(41-22-12-15-27-47(41)51)30-35(32-36)50-45-25-13-10-23-42(45)43-24-11-14-26-46(43)50/h1-33,51H. The molecular formula is C48H34BNO2Si. The fourth-order valence-electron chi connectivity index (χ4n) is 7.89. The van der Waals surface area contributed by atoms with E-state index in [2.05, 4.69) is 168 Å². The summed E-state index contributed by atoms with van der Waals surface area (Å²) in [5.41, 5.74) is 5.16. The molecule has 9 aromatic rings. The minimum atomic E-state index is -2.83. The smallest absolute Gasteiger partial charge is 0.179 e. The lowest BCUT2D eigenvalue weighted by Gasteiger charge is -2.34. The highest BCUT2D eigenvalue weighted by Crippen LogP contribution is 2.38. The Labute approximate surface area is 311 Å². The van der Waals surface area contributed by atoms with E-state index in [0.717, 1.165) is 27.5 Å². The average molecular weight is 696 g/mol. The van der Waals surface area contributed by atoms with Crippen molar-refractivity contribution in [2.24, 2.45) is 0 Å². The number of phenols is 1. The molecule has 0 fully saturated rings. The Bertz CT molecular complexity index is 2580. The number of para-hydroxylation sites is 3. The van der Waals surface area contributed by atoms with E-state index >= 15 is 0 Å². The van der Waals surface area contributed by atoms with Gasteiger partial charge in [-0.2, -0.15) is 0 Å². The first-order chi connectivity index (χ1) is 26.1. The van der Waals surface area contributed by atoms with E-state index in [0.29, 0.717) is 22.5 Å². The second kappa shape index (κ2) is 13.5. The second-order valence-electron chi connectivity index (χ2n) is 13.3. The summed E-state index contributed by atoms with van der Waals surface area (Å²) < 4.78 is 9.18. The van der Waals surface area contributed by atoms with Gasteiger partial charge in [0.1, 0.15) is 25.1 Å². The van der Waals surface area contributed by atoms with Crippen LogP contribution in [0.5, 0.6) is 17.2 Å². The first-order valence-corrected chi connectivity index (χ1v) is 19.8. The Hall–Kier alpha value is -6.56. The Balaban J connectivity index is 1.26. The lowest BCUT2D eigenvalue weighted by atomic mass is 9.95. The molecule has 0 saturated carbocycles. The molecule has 5 heteroatoms. The number of ether oxygens (including phenoxy) is 1. The van der Waals surface area contributed by atoms with Crippen LogP contribution in [-0.4, -0.2) is 25.6 Å². The quantitative estimate of drug-likeness (QED) is 0.129. The average Bonchev–Trinajstić information content (AvgIpc) is 3.55. The second-order valence-corrected chi connectivity index (χ2v) is 17.1. The van der Waals surface area contributed by atoms with Gasteiger partial charge in [0.25, 0.3) is 0 Å². The molecule has 0 amide bonds. The van der Waals surface area contributed by atoms with Crippen molar-refractivity contribution in [3.63, 3.8) is 0 Å². The number of aromatic nitrogens is 1. The molecule has 0 aliphatic rings. The molecule has 8 aromatic carbocycles. The van der Waals surface area contributed by atoms with E-state index in [1.54, 1.807) is 6.07 Å². The molecule has 1 heterocycles. The van der Waals surface area contributed by atoms with Crippen LogP contribution in [0, 0.1) is 0 Å². The normalized spacial score (nSPS) is 11.5. The van der Waals surface area contributed by atoms with Gasteiger partial charge in [-0.1, -0.05) is 163 Å². The molecule has 0 saturated heterocycles. The van der Waals surface area contributed by atoms with E-state index in [-0.39, 0.29) is 5.75 Å². The molecule has 0 bridgehead atoms. The molecular weight excluding hydrogens is 661 g/mol. The Morgan fingerprint density at radius 3 is 1.55 bits per heavy atom. The first kappa shape index (κ1) is 32.4. The lowest BCUT2D eigenvalue weighted by Crippen LogP contribution is -2.74. The zero-order valence-corrected chi connectivity index (χ0v) is 29.9. The highest BCUT2D eigenvalue weighted by atomic mass is 28.3. The summed E-state index contributed by atoms with van der Waals surface area (Å²) in [6.45, 7) is 0. The number of aromatic hydroxyl groups is 1. The van der Waals surface area contributed by atoms with Crippen LogP contribution in [0.25, 0.3) is 38.6 Å². The highest BCUT2D eigenvalue weighted by Gasteiger charge is 2.41. The first-order valence-electron chi connectivity index (χ1n) is 17.8. The van der Waals surface area contributed by atoms with E-state index in [9.17, 15) is 5.11 Å². The van der Waals surface area contributed by atoms with Crippen LogP contribution in [0.15, 0.2) is 200 Å². The molecule has 3 nitrogen and oxygen atoms in total. The van der Waals surface area contributed by atoms with Crippen LogP contribution in [0.2, 0.25) is 0 Å². The van der Waals surface area contributed by atoms with Gasteiger partial charge in [0.15, 0.2) is 8.07 Å². The van der Waals surface area contributed by atoms with Crippen LogP contribution >= 0.6 is 0 Å². The number of nitrogens with zero attached hydrogens (tertiary/aromatic N) is 1. The predicted molar refractivity (Wildman–Crippen MR) is 223 cm³/mol. The number of hydrogen-bond donors (Lipinski definition) is 1. The van der Waals surface area contributed by atoms with Crippen molar-refractivity contribution in [3.05, 3.63) is 200 Å². The molecule has 0 unspecified atom stereocenters. The van der Waals surface area contributed by atoms with Crippen molar-refractivity contribution in [3.8, 4) is 34.1 Å². The van der Waals surface area contributed by atoms with Crippen molar-refractivity contribution in [2.75, 3.05) is 0 Å². The molecule has 9 rings (SSSR count). The van der Waals surface area contributed by atoms with Gasteiger partial charge in [0, 0.05) is 22.4 Å². The van der Waals surface area contributed by atoms with Crippen LogP contribution in [0.3, 0.4) is 0 Å². The van der Waals surface area contributed by atoms with E-state index in [1.807, 2.05) is 30.3 Å². The van der Waals surface area contributed by atoms with Crippen LogP contribution < -0.4 is 30.9 Å².